The van der Waals surface area contributed by atoms with Crippen molar-refractivity contribution in [3.8, 4) is 17.5 Å². The van der Waals surface area contributed by atoms with Crippen molar-refractivity contribution in [3.05, 3.63) is 56.6 Å². The highest BCUT2D eigenvalue weighted by molar-refractivity contribution is 8.03. The zero-order valence-electron chi connectivity index (χ0n) is 18.5. The first-order chi connectivity index (χ1) is 16.0. The molecule has 0 spiro atoms. The first kappa shape index (κ1) is 25.4. The van der Waals surface area contributed by atoms with Gasteiger partial charge in [-0.2, -0.15) is 4.98 Å². The molecule has 0 aliphatic rings. The van der Waals surface area contributed by atoms with Gasteiger partial charge in [0.15, 0.2) is 11.2 Å². The minimum Gasteiger partial charge on any atom is -0.425 e. The Kier molecular flexibility index (Phi) is 7.77. The Morgan fingerprint density at radius 1 is 1.21 bits per heavy atom. The van der Waals surface area contributed by atoms with Crippen molar-refractivity contribution in [1.82, 2.24) is 18.7 Å². The summed E-state index contributed by atoms with van der Waals surface area (Å²) in [7, 11) is 1.45. The fraction of sp³-hybridized carbons (Fsp3) is 0.381. The first-order valence-electron chi connectivity index (χ1n) is 10.1. The number of fused-ring (bicyclic) bond motifs is 1. The molecule has 0 saturated carbocycles. The van der Waals surface area contributed by atoms with Crippen LogP contribution in [0, 0.1) is 0 Å². The average molecular weight is 500 g/mol. The van der Waals surface area contributed by atoms with E-state index in [9.17, 15) is 22.8 Å². The van der Waals surface area contributed by atoms with Crippen LogP contribution in [0.15, 0.2) is 45.3 Å². The molecule has 0 amide bonds. The lowest BCUT2D eigenvalue weighted by Crippen LogP contribution is -2.40. The van der Waals surface area contributed by atoms with Gasteiger partial charge in [-0.25, -0.2) is 4.79 Å². The number of aliphatic hydroxyl groups is 1. The largest absolute Gasteiger partial charge is 0.573 e. The van der Waals surface area contributed by atoms with Crippen LogP contribution in [0.1, 0.15) is 13.3 Å². The van der Waals surface area contributed by atoms with Gasteiger partial charge >= 0.3 is 18.1 Å². The molecule has 13 heteroatoms. The molecule has 2 aromatic heterocycles. The molecule has 184 valence electrons. The van der Waals surface area contributed by atoms with Crippen LogP contribution in [0.3, 0.4) is 0 Å². The number of hydrogen-bond acceptors (Lipinski definition) is 7. The molecule has 1 aromatic carbocycles. The van der Waals surface area contributed by atoms with Gasteiger partial charge in [-0.1, -0.05) is 12.6 Å². The molecule has 0 fully saturated rings. The fourth-order valence-corrected chi connectivity index (χ4v) is 3.84. The molecule has 9 nitrogen and oxygen atoms in total. The number of benzene rings is 1. The van der Waals surface area contributed by atoms with E-state index in [1.54, 1.807) is 0 Å². The van der Waals surface area contributed by atoms with Gasteiger partial charge in [0, 0.05) is 38.6 Å². The maximum absolute atomic E-state index is 13.2. The second-order valence-corrected chi connectivity index (χ2v) is 8.66. The second-order valence-electron chi connectivity index (χ2n) is 7.27. The summed E-state index contributed by atoms with van der Waals surface area (Å²) >= 11 is 1.44. The summed E-state index contributed by atoms with van der Waals surface area (Å²) < 4.78 is 51.1. The van der Waals surface area contributed by atoms with E-state index in [4.69, 9.17) is 9.84 Å². The van der Waals surface area contributed by atoms with Gasteiger partial charge in [0.05, 0.1) is 0 Å². The monoisotopic (exact) mass is 500 g/mol. The molecule has 3 rings (SSSR count). The number of halogens is 3. The summed E-state index contributed by atoms with van der Waals surface area (Å²) in [5, 5.41) is 9.12. The van der Waals surface area contributed by atoms with Crippen molar-refractivity contribution in [2.75, 3.05) is 12.4 Å². The zero-order valence-corrected chi connectivity index (χ0v) is 19.3. The lowest BCUT2D eigenvalue weighted by atomic mass is 10.3. The van der Waals surface area contributed by atoms with Crippen LogP contribution in [-0.4, -0.2) is 42.5 Å². The molecule has 0 aliphatic heterocycles. The zero-order chi connectivity index (χ0) is 25.0. The molecular formula is C21H23F3N4O5S. The van der Waals surface area contributed by atoms with Crippen LogP contribution in [0.4, 0.5) is 13.2 Å². The Bertz CT molecular complexity index is 1310. The molecule has 0 bridgehead atoms. The number of rotatable bonds is 10. The Morgan fingerprint density at radius 2 is 1.91 bits per heavy atom. The number of alkyl halides is 3. The molecule has 0 atom stereocenters. The normalized spacial score (nSPS) is 11.7. The third kappa shape index (κ3) is 5.83. The molecule has 0 saturated heterocycles. The standard InChI is InChI=1S/C21H23F3N4O5S/c1-13(2)34-11-9-27-16-17(26(3)20(31)28(18(16)30)8-5-10-29)25-19(27)32-14-6-4-7-15(12-14)33-21(22,23)24/h4,6-7,12,29H,1,5,8-11H2,2-3H3. The molecule has 1 N–H and O–H groups in total. The quantitative estimate of drug-likeness (QED) is 0.456. The van der Waals surface area contributed by atoms with E-state index in [0.29, 0.717) is 5.75 Å². The van der Waals surface area contributed by atoms with Crippen LogP contribution in [0.25, 0.3) is 11.2 Å². The number of ether oxygens (including phenoxy) is 2. The highest BCUT2D eigenvalue weighted by Gasteiger charge is 2.31. The van der Waals surface area contributed by atoms with Gasteiger partial charge in [-0.05, 0) is 30.4 Å². The van der Waals surface area contributed by atoms with E-state index in [2.05, 4.69) is 16.3 Å². The highest BCUT2D eigenvalue weighted by Crippen LogP contribution is 2.30. The molecule has 0 unspecified atom stereocenters. The highest BCUT2D eigenvalue weighted by atomic mass is 32.2. The molecular weight excluding hydrogens is 477 g/mol. The Labute approximate surface area is 196 Å². The van der Waals surface area contributed by atoms with Crippen LogP contribution >= 0.6 is 11.8 Å². The molecule has 3 aromatic rings. The second kappa shape index (κ2) is 10.4. The summed E-state index contributed by atoms with van der Waals surface area (Å²) in [6, 6.07) is 4.81. The summed E-state index contributed by atoms with van der Waals surface area (Å²) in [4.78, 5) is 31.0. The number of aliphatic hydroxyl groups excluding tert-OH is 1. The van der Waals surface area contributed by atoms with Gasteiger partial charge in [-0.3, -0.25) is 18.5 Å². The number of aromatic nitrogens is 4. The number of allylic oxidation sites excluding steroid dienone is 1. The van der Waals surface area contributed by atoms with Crippen molar-refractivity contribution in [3.63, 3.8) is 0 Å². The summed E-state index contributed by atoms with van der Waals surface area (Å²) in [6.07, 6.45) is -4.67. The van der Waals surface area contributed by atoms with Gasteiger partial charge < -0.3 is 14.6 Å². The number of hydrogen-bond donors (Lipinski definition) is 1. The maximum atomic E-state index is 13.2. The Hall–Kier alpha value is -3.19. The van der Waals surface area contributed by atoms with E-state index >= 15 is 0 Å². The van der Waals surface area contributed by atoms with E-state index in [0.717, 1.165) is 21.6 Å². The molecule has 2 heterocycles. The van der Waals surface area contributed by atoms with Crippen LogP contribution in [-0.2, 0) is 20.1 Å². The van der Waals surface area contributed by atoms with E-state index in [1.165, 1.54) is 40.1 Å². The van der Waals surface area contributed by atoms with Crippen molar-refractivity contribution < 1.29 is 27.8 Å². The topological polar surface area (TPSA) is 101 Å². The van der Waals surface area contributed by atoms with Crippen molar-refractivity contribution in [1.29, 1.82) is 0 Å². The smallest absolute Gasteiger partial charge is 0.425 e. The predicted octanol–water partition coefficient (Wildman–Crippen LogP) is 3.24. The molecule has 0 radical (unpaired) electrons. The molecule has 34 heavy (non-hydrogen) atoms. The van der Waals surface area contributed by atoms with Crippen molar-refractivity contribution in [2.24, 2.45) is 7.05 Å². The van der Waals surface area contributed by atoms with Crippen LogP contribution in [0.5, 0.6) is 17.5 Å². The maximum Gasteiger partial charge on any atom is 0.573 e. The SMILES string of the molecule is C=C(C)SCCn1c(Oc2cccc(OC(F)(F)F)c2)nc2c1c(=O)n(CCCO)c(=O)n2C. The van der Waals surface area contributed by atoms with Crippen LogP contribution in [0.2, 0.25) is 0 Å². The number of nitrogens with zero attached hydrogens (tertiary/aromatic N) is 4. The average Bonchev–Trinajstić information content (AvgIpc) is 3.09. The Balaban J connectivity index is 2.12. The van der Waals surface area contributed by atoms with Gasteiger partial charge in [0.25, 0.3) is 5.56 Å². The third-order valence-corrected chi connectivity index (χ3v) is 5.53. The number of imidazole rings is 1. The minimum absolute atomic E-state index is 0.00327. The Morgan fingerprint density at radius 3 is 2.56 bits per heavy atom. The third-order valence-electron chi connectivity index (χ3n) is 4.65. The van der Waals surface area contributed by atoms with Crippen LogP contribution < -0.4 is 20.7 Å². The summed E-state index contributed by atoms with van der Waals surface area (Å²) in [6.45, 7) is 5.70. The lowest BCUT2D eigenvalue weighted by Gasteiger charge is -2.12. The van der Waals surface area contributed by atoms with Gasteiger partial charge in [-0.15, -0.1) is 24.9 Å². The number of aryl methyl sites for hydroxylation is 2. The van der Waals surface area contributed by atoms with Gasteiger partial charge in [0.1, 0.15) is 11.5 Å². The summed E-state index contributed by atoms with van der Waals surface area (Å²) in [5.74, 6) is 0.00791. The van der Waals surface area contributed by atoms with E-state index < -0.39 is 23.4 Å². The molecule has 0 aliphatic carbocycles. The minimum atomic E-state index is -4.87. The lowest BCUT2D eigenvalue weighted by molar-refractivity contribution is -0.274. The van der Waals surface area contributed by atoms with E-state index in [-0.39, 0.29) is 49.0 Å². The summed E-state index contributed by atoms with van der Waals surface area (Å²) in [5.41, 5.74) is -1.06. The predicted molar refractivity (Wildman–Crippen MR) is 121 cm³/mol. The van der Waals surface area contributed by atoms with Crippen molar-refractivity contribution >= 4 is 22.9 Å². The van der Waals surface area contributed by atoms with Gasteiger partial charge in [0.2, 0.25) is 0 Å². The van der Waals surface area contributed by atoms with E-state index in [1.807, 2.05) is 6.92 Å². The van der Waals surface area contributed by atoms with Crippen molar-refractivity contribution in [2.45, 2.75) is 32.8 Å². The number of thioether (sulfide) groups is 1. The fourth-order valence-electron chi connectivity index (χ4n) is 3.21. The first-order valence-corrected chi connectivity index (χ1v) is 11.1.